The van der Waals surface area contributed by atoms with Crippen LogP contribution in [0.2, 0.25) is 0 Å². The first-order valence-electron chi connectivity index (χ1n) is 5.89. The van der Waals surface area contributed by atoms with Crippen molar-refractivity contribution < 1.29 is 14.3 Å². The summed E-state index contributed by atoms with van der Waals surface area (Å²) in [5, 5.41) is 11.6. The van der Waals surface area contributed by atoms with Gasteiger partial charge in [0.25, 0.3) is 0 Å². The van der Waals surface area contributed by atoms with Crippen LogP contribution >= 0.6 is 0 Å². The van der Waals surface area contributed by atoms with Crippen LogP contribution in [0.25, 0.3) is 0 Å². The topological polar surface area (TPSA) is 71.3 Å². The maximum absolute atomic E-state index is 11.6. The van der Waals surface area contributed by atoms with E-state index in [1.807, 2.05) is 6.07 Å². The number of nitrogens with one attached hydrogen (secondary N) is 1. The number of amides is 1. The van der Waals surface area contributed by atoms with Crippen molar-refractivity contribution in [3.8, 4) is 11.8 Å². The van der Waals surface area contributed by atoms with E-state index in [2.05, 4.69) is 5.32 Å². The number of carbonyl (C=O) groups excluding carboxylic acids is 1. The average molecular weight is 262 g/mol. The third-order valence-electron chi connectivity index (χ3n) is 2.22. The van der Waals surface area contributed by atoms with E-state index in [1.54, 1.807) is 52.1 Å². The second-order valence-corrected chi connectivity index (χ2v) is 4.98. The molecule has 5 heteroatoms. The molecule has 1 aromatic carbocycles. The molecular weight excluding hydrogens is 244 g/mol. The number of hydrogen-bond acceptors (Lipinski definition) is 4. The monoisotopic (exact) mass is 262 g/mol. The van der Waals surface area contributed by atoms with E-state index in [0.29, 0.717) is 11.3 Å². The molecule has 0 saturated carbocycles. The van der Waals surface area contributed by atoms with E-state index in [1.165, 1.54) is 0 Å². The quantitative estimate of drug-likeness (QED) is 0.909. The highest BCUT2D eigenvalue weighted by Gasteiger charge is 2.20. The lowest BCUT2D eigenvalue weighted by molar-refractivity contribution is 0.0515. The van der Waals surface area contributed by atoms with Gasteiger partial charge in [0.1, 0.15) is 17.4 Å². The molecule has 0 bridgehead atoms. The molecule has 1 unspecified atom stereocenters. The van der Waals surface area contributed by atoms with Crippen LogP contribution in [-0.2, 0) is 4.74 Å². The molecule has 1 aromatic rings. The Hall–Kier alpha value is -2.22. The van der Waals surface area contributed by atoms with Gasteiger partial charge in [-0.1, -0.05) is 12.1 Å². The molecule has 102 valence electrons. The van der Waals surface area contributed by atoms with Crippen molar-refractivity contribution in [1.29, 1.82) is 5.26 Å². The van der Waals surface area contributed by atoms with E-state index in [0.717, 1.165) is 0 Å². The second kappa shape index (κ2) is 6.10. The van der Waals surface area contributed by atoms with E-state index in [4.69, 9.17) is 14.7 Å². The first-order valence-corrected chi connectivity index (χ1v) is 5.89. The van der Waals surface area contributed by atoms with Gasteiger partial charge in [-0.2, -0.15) is 5.26 Å². The number of benzene rings is 1. The summed E-state index contributed by atoms with van der Waals surface area (Å²) in [4.78, 5) is 11.6. The third-order valence-corrected chi connectivity index (χ3v) is 2.22. The van der Waals surface area contributed by atoms with Crippen molar-refractivity contribution in [2.75, 3.05) is 7.11 Å². The fourth-order valence-corrected chi connectivity index (χ4v) is 1.44. The number of methoxy groups -OCH3 is 1. The van der Waals surface area contributed by atoms with E-state index < -0.39 is 17.7 Å². The predicted octanol–water partition coefficient (Wildman–Crippen LogP) is 2.78. The van der Waals surface area contributed by atoms with Crippen molar-refractivity contribution in [3.05, 3.63) is 29.8 Å². The molecule has 1 rings (SSSR count). The third kappa shape index (κ3) is 4.88. The summed E-state index contributed by atoms with van der Waals surface area (Å²) >= 11 is 0. The molecule has 0 fully saturated rings. The number of nitriles is 1. The van der Waals surface area contributed by atoms with Gasteiger partial charge in [0.2, 0.25) is 0 Å². The Morgan fingerprint density at radius 1 is 1.42 bits per heavy atom. The van der Waals surface area contributed by atoms with Crippen molar-refractivity contribution in [3.63, 3.8) is 0 Å². The van der Waals surface area contributed by atoms with Gasteiger partial charge in [0, 0.05) is 0 Å². The van der Waals surface area contributed by atoms with Crippen molar-refractivity contribution in [2.24, 2.45) is 0 Å². The molecule has 0 aliphatic heterocycles. The number of hydrogen-bond donors (Lipinski definition) is 1. The van der Waals surface area contributed by atoms with Crippen LogP contribution in [-0.4, -0.2) is 18.8 Å². The van der Waals surface area contributed by atoms with Crippen LogP contribution in [0.5, 0.6) is 5.75 Å². The zero-order valence-electron chi connectivity index (χ0n) is 11.6. The van der Waals surface area contributed by atoms with Gasteiger partial charge in [-0.15, -0.1) is 0 Å². The standard InChI is InChI=1S/C14H18N2O3/c1-14(2,3)19-13(17)16-12(9-15)10-6-5-7-11(8-10)18-4/h5-8,12H,1-4H3,(H,16,17). The fourth-order valence-electron chi connectivity index (χ4n) is 1.44. The van der Waals surface area contributed by atoms with Gasteiger partial charge in [-0.3, -0.25) is 0 Å². The molecule has 0 heterocycles. The average Bonchev–Trinajstić information content (AvgIpc) is 2.34. The Kier molecular flexibility index (Phi) is 4.76. The Labute approximate surface area is 113 Å². The zero-order chi connectivity index (χ0) is 14.5. The maximum Gasteiger partial charge on any atom is 0.408 e. The van der Waals surface area contributed by atoms with E-state index in [-0.39, 0.29) is 0 Å². The van der Waals surface area contributed by atoms with Crippen LogP contribution in [0.15, 0.2) is 24.3 Å². The highest BCUT2D eigenvalue weighted by molar-refractivity contribution is 5.69. The Morgan fingerprint density at radius 3 is 2.63 bits per heavy atom. The largest absolute Gasteiger partial charge is 0.497 e. The molecule has 1 atom stereocenters. The number of ether oxygens (including phenoxy) is 2. The number of rotatable bonds is 3. The first kappa shape index (κ1) is 14.8. The van der Waals surface area contributed by atoms with Crippen LogP contribution in [0.4, 0.5) is 4.79 Å². The van der Waals surface area contributed by atoms with Crippen molar-refractivity contribution in [1.82, 2.24) is 5.32 Å². The Balaban J connectivity index is 2.79. The molecule has 0 radical (unpaired) electrons. The molecule has 1 N–H and O–H groups in total. The minimum atomic E-state index is -0.773. The summed E-state index contributed by atoms with van der Waals surface area (Å²) in [6.07, 6.45) is -0.623. The Bertz CT molecular complexity index is 486. The molecule has 19 heavy (non-hydrogen) atoms. The van der Waals surface area contributed by atoms with Crippen molar-refractivity contribution >= 4 is 6.09 Å². The molecule has 0 aromatic heterocycles. The smallest absolute Gasteiger partial charge is 0.408 e. The predicted molar refractivity (Wildman–Crippen MR) is 70.7 cm³/mol. The van der Waals surface area contributed by atoms with E-state index in [9.17, 15) is 4.79 Å². The lowest BCUT2D eigenvalue weighted by Gasteiger charge is -2.21. The number of alkyl carbamates (subject to hydrolysis) is 1. The van der Waals surface area contributed by atoms with Crippen molar-refractivity contribution in [2.45, 2.75) is 32.4 Å². The van der Waals surface area contributed by atoms with Gasteiger partial charge in [0.15, 0.2) is 0 Å². The highest BCUT2D eigenvalue weighted by Crippen LogP contribution is 2.19. The fraction of sp³-hybridized carbons (Fsp3) is 0.429. The summed E-state index contributed by atoms with van der Waals surface area (Å²) < 4.78 is 10.2. The van der Waals surface area contributed by atoms with Gasteiger partial charge in [0.05, 0.1) is 13.2 Å². The number of nitrogens with zero attached hydrogens (tertiary/aromatic N) is 1. The minimum Gasteiger partial charge on any atom is -0.497 e. The van der Waals surface area contributed by atoms with Gasteiger partial charge >= 0.3 is 6.09 Å². The maximum atomic E-state index is 11.6. The van der Waals surface area contributed by atoms with Gasteiger partial charge < -0.3 is 14.8 Å². The highest BCUT2D eigenvalue weighted by atomic mass is 16.6. The molecule has 0 aliphatic carbocycles. The molecule has 5 nitrogen and oxygen atoms in total. The van der Waals surface area contributed by atoms with Gasteiger partial charge in [-0.25, -0.2) is 4.79 Å². The SMILES string of the molecule is COc1cccc(C(C#N)NC(=O)OC(C)(C)C)c1. The molecule has 1 amide bonds. The van der Waals surface area contributed by atoms with Gasteiger partial charge in [-0.05, 0) is 38.5 Å². The zero-order valence-corrected chi connectivity index (χ0v) is 11.6. The summed E-state index contributed by atoms with van der Waals surface area (Å²) in [5.41, 5.74) is 0.0473. The molecule has 0 saturated heterocycles. The van der Waals surface area contributed by atoms with Crippen LogP contribution in [0.3, 0.4) is 0 Å². The lowest BCUT2D eigenvalue weighted by Crippen LogP contribution is -2.34. The number of carbonyl (C=O) groups is 1. The van der Waals surface area contributed by atoms with Crippen LogP contribution in [0, 0.1) is 11.3 Å². The molecule has 0 spiro atoms. The summed E-state index contributed by atoms with van der Waals surface area (Å²) in [6.45, 7) is 5.29. The van der Waals surface area contributed by atoms with Crippen LogP contribution in [0.1, 0.15) is 32.4 Å². The van der Waals surface area contributed by atoms with E-state index >= 15 is 0 Å². The normalized spacial score (nSPS) is 12.2. The summed E-state index contributed by atoms with van der Waals surface area (Å²) in [6, 6.07) is 8.22. The second-order valence-electron chi connectivity index (χ2n) is 4.98. The summed E-state index contributed by atoms with van der Waals surface area (Å²) in [7, 11) is 1.54. The minimum absolute atomic E-state index is 0.599. The lowest BCUT2D eigenvalue weighted by atomic mass is 10.1. The first-order chi connectivity index (χ1) is 8.85. The molecule has 0 aliphatic rings. The van der Waals surface area contributed by atoms with Crippen LogP contribution < -0.4 is 10.1 Å². The Morgan fingerprint density at radius 2 is 2.11 bits per heavy atom. The summed E-state index contributed by atoms with van der Waals surface area (Å²) in [5.74, 6) is 0.628. The molecular formula is C14H18N2O3.